The van der Waals surface area contributed by atoms with Crippen LogP contribution in [0.25, 0.3) is 0 Å². The van der Waals surface area contributed by atoms with Crippen molar-refractivity contribution in [3.8, 4) is 0 Å². The zero-order chi connectivity index (χ0) is 13.6. The molecule has 2 atom stereocenters. The largest absolute Gasteiger partial charge is 0.384 e. The second kappa shape index (κ2) is 6.38. The lowest BCUT2D eigenvalue weighted by molar-refractivity contribution is -0.126. The molecule has 2 aliphatic rings. The molecule has 5 nitrogen and oxygen atoms in total. The van der Waals surface area contributed by atoms with Crippen LogP contribution < -0.4 is 11.5 Å². The van der Waals surface area contributed by atoms with Crippen molar-refractivity contribution in [3.05, 3.63) is 23.4 Å². The van der Waals surface area contributed by atoms with Gasteiger partial charge in [0.25, 0.3) is 0 Å². The normalized spacial score (nSPS) is 27.0. The molecule has 1 saturated carbocycles. The molecule has 1 aliphatic heterocycles. The number of hydrogen-bond donors (Lipinski definition) is 2. The number of carbonyl (C=O) groups is 1. The summed E-state index contributed by atoms with van der Waals surface area (Å²) in [6.45, 7) is 3.62. The number of nitrogens with two attached hydrogens (primary N) is 2. The molecule has 1 aliphatic carbocycles. The average Bonchev–Trinajstić information content (AvgIpc) is 3.09. The highest BCUT2D eigenvalue weighted by Gasteiger charge is 2.63. The maximum atomic E-state index is 11.8. The summed E-state index contributed by atoms with van der Waals surface area (Å²) in [5, 5.41) is 0. The van der Waals surface area contributed by atoms with Gasteiger partial charge in [0, 0.05) is 12.2 Å². The molecule has 0 radical (unpaired) electrons. The first-order valence-corrected chi connectivity index (χ1v) is 6.81. The van der Waals surface area contributed by atoms with Crippen molar-refractivity contribution >= 4 is 36.5 Å². The third-order valence-corrected chi connectivity index (χ3v) is 4.62. The number of fused-ring (bicyclic) bond motifs is 1. The van der Waals surface area contributed by atoms with Crippen molar-refractivity contribution in [2.75, 3.05) is 12.3 Å². The van der Waals surface area contributed by atoms with Gasteiger partial charge in [0.2, 0.25) is 5.91 Å². The number of hydrogen-bond acceptors (Lipinski definition) is 4. The van der Waals surface area contributed by atoms with Crippen LogP contribution >= 0.6 is 24.8 Å². The Morgan fingerprint density at radius 2 is 2.19 bits per heavy atom. The van der Waals surface area contributed by atoms with Crippen molar-refractivity contribution in [2.24, 2.45) is 11.7 Å². The topological polar surface area (TPSA) is 85.2 Å². The van der Waals surface area contributed by atoms with Gasteiger partial charge in [0.15, 0.2) is 0 Å². The summed E-state index contributed by atoms with van der Waals surface area (Å²) in [7, 11) is 0. The molecule has 1 aromatic heterocycles. The predicted octanol–water partition coefficient (Wildman–Crippen LogP) is 1.66. The Balaban J connectivity index is 0.00000110. The van der Waals surface area contributed by atoms with Gasteiger partial charge in [0.05, 0.1) is 0 Å². The van der Waals surface area contributed by atoms with Crippen LogP contribution in [0.4, 0.5) is 5.82 Å². The van der Waals surface area contributed by atoms with Crippen LogP contribution in [0, 0.1) is 12.8 Å². The van der Waals surface area contributed by atoms with Crippen LogP contribution in [0.2, 0.25) is 0 Å². The molecular formula is C14H22Cl2N4O. The first-order valence-electron chi connectivity index (χ1n) is 6.81. The number of rotatable bonds is 3. The quantitative estimate of drug-likeness (QED) is 0.881. The Morgan fingerprint density at radius 1 is 1.48 bits per heavy atom. The molecule has 0 aromatic carbocycles. The van der Waals surface area contributed by atoms with Crippen molar-refractivity contribution in [1.82, 2.24) is 9.88 Å². The minimum absolute atomic E-state index is 0. The number of carbonyl (C=O) groups excluding carboxylic acids is 1. The fourth-order valence-electron chi connectivity index (χ4n) is 3.43. The summed E-state index contributed by atoms with van der Waals surface area (Å²) in [4.78, 5) is 18.3. The van der Waals surface area contributed by atoms with Crippen molar-refractivity contribution in [2.45, 2.75) is 38.3 Å². The highest BCUT2D eigenvalue weighted by atomic mass is 35.5. The third-order valence-electron chi connectivity index (χ3n) is 4.62. The van der Waals surface area contributed by atoms with Gasteiger partial charge in [-0.25, -0.2) is 4.98 Å². The van der Waals surface area contributed by atoms with Crippen LogP contribution in [0.1, 0.15) is 30.5 Å². The van der Waals surface area contributed by atoms with E-state index >= 15 is 0 Å². The number of anilines is 1. The monoisotopic (exact) mass is 332 g/mol. The van der Waals surface area contributed by atoms with E-state index in [4.69, 9.17) is 11.5 Å². The molecule has 118 valence electrons. The van der Waals surface area contributed by atoms with Crippen LogP contribution in [0.5, 0.6) is 0 Å². The Morgan fingerprint density at radius 3 is 2.81 bits per heavy atom. The minimum atomic E-state index is -0.383. The number of aromatic nitrogens is 1. The minimum Gasteiger partial charge on any atom is -0.384 e. The van der Waals surface area contributed by atoms with E-state index in [0.29, 0.717) is 11.7 Å². The lowest BCUT2D eigenvalue weighted by Crippen LogP contribution is -2.50. The SMILES string of the molecule is Cc1nc(N)ccc1CN1CCC[C@@H]2C[C@@]21C(N)=O.Cl.Cl. The maximum Gasteiger partial charge on any atom is 0.238 e. The second-order valence-electron chi connectivity index (χ2n) is 5.73. The summed E-state index contributed by atoms with van der Waals surface area (Å²) >= 11 is 0. The standard InChI is InChI=1S/C14H20N4O.2ClH/c1-9-10(4-5-12(15)17-9)8-18-6-2-3-11-7-14(11,18)13(16)19;;/h4-5,11H,2-3,6-8H2,1H3,(H2,15,17)(H2,16,19);2*1H/t11-,14+;;/m1../s1. The number of pyridine rings is 1. The average molecular weight is 333 g/mol. The lowest BCUT2D eigenvalue weighted by Gasteiger charge is -2.34. The molecule has 0 spiro atoms. The fourth-order valence-corrected chi connectivity index (χ4v) is 3.43. The van der Waals surface area contributed by atoms with Gasteiger partial charge in [-0.05, 0) is 50.3 Å². The molecule has 1 amide bonds. The molecular weight excluding hydrogens is 311 g/mol. The smallest absolute Gasteiger partial charge is 0.238 e. The molecule has 21 heavy (non-hydrogen) atoms. The van der Waals surface area contributed by atoms with Gasteiger partial charge in [-0.15, -0.1) is 24.8 Å². The molecule has 0 unspecified atom stereocenters. The van der Waals surface area contributed by atoms with E-state index in [1.165, 1.54) is 0 Å². The highest BCUT2D eigenvalue weighted by Crippen LogP contribution is 2.54. The summed E-state index contributed by atoms with van der Waals surface area (Å²) in [5.74, 6) is 0.827. The van der Waals surface area contributed by atoms with E-state index < -0.39 is 0 Å². The molecule has 3 rings (SSSR count). The van der Waals surface area contributed by atoms with Crippen molar-refractivity contribution in [3.63, 3.8) is 0 Å². The van der Waals surface area contributed by atoms with Crippen LogP contribution in [0.3, 0.4) is 0 Å². The van der Waals surface area contributed by atoms with Gasteiger partial charge in [-0.2, -0.15) is 0 Å². The Bertz CT molecular complexity index is 540. The molecule has 4 N–H and O–H groups in total. The highest BCUT2D eigenvalue weighted by molar-refractivity contribution is 5.88. The summed E-state index contributed by atoms with van der Waals surface area (Å²) < 4.78 is 0. The van der Waals surface area contributed by atoms with Gasteiger partial charge in [0.1, 0.15) is 11.4 Å². The van der Waals surface area contributed by atoms with Crippen molar-refractivity contribution < 1.29 is 4.79 Å². The lowest BCUT2D eigenvalue weighted by atomic mass is 10.0. The zero-order valence-corrected chi connectivity index (χ0v) is 13.7. The Kier molecular flexibility index (Phi) is 5.47. The summed E-state index contributed by atoms with van der Waals surface area (Å²) in [6, 6.07) is 3.81. The molecule has 1 saturated heterocycles. The molecule has 7 heteroatoms. The molecule has 2 heterocycles. The van der Waals surface area contributed by atoms with E-state index in [0.717, 1.165) is 43.6 Å². The zero-order valence-electron chi connectivity index (χ0n) is 12.0. The predicted molar refractivity (Wildman–Crippen MR) is 87.6 cm³/mol. The number of halogens is 2. The Labute approximate surface area is 137 Å². The van der Waals surface area contributed by atoms with Gasteiger partial charge >= 0.3 is 0 Å². The second-order valence-corrected chi connectivity index (χ2v) is 5.73. The molecule has 2 fully saturated rings. The number of nitrogen functional groups attached to an aromatic ring is 1. The number of nitrogens with zero attached hydrogens (tertiary/aromatic N) is 2. The van der Waals surface area contributed by atoms with Crippen LogP contribution in [0.15, 0.2) is 12.1 Å². The summed E-state index contributed by atoms with van der Waals surface area (Å²) in [6.07, 6.45) is 3.18. The van der Waals surface area contributed by atoms with E-state index in [2.05, 4.69) is 9.88 Å². The van der Waals surface area contributed by atoms with Crippen molar-refractivity contribution in [1.29, 1.82) is 0 Å². The fraction of sp³-hybridized carbons (Fsp3) is 0.571. The van der Waals surface area contributed by atoms with E-state index in [1.54, 1.807) is 0 Å². The van der Waals surface area contributed by atoms with Crippen LogP contribution in [-0.4, -0.2) is 27.9 Å². The number of aryl methyl sites for hydroxylation is 1. The summed E-state index contributed by atoms with van der Waals surface area (Å²) in [5.41, 5.74) is 13.0. The van der Waals surface area contributed by atoms with E-state index in [9.17, 15) is 4.79 Å². The molecule has 0 bridgehead atoms. The van der Waals surface area contributed by atoms with E-state index in [1.807, 2.05) is 19.1 Å². The number of amides is 1. The number of piperidine rings is 1. The third kappa shape index (κ3) is 2.96. The first kappa shape index (κ1) is 18.0. The van der Waals surface area contributed by atoms with E-state index in [-0.39, 0.29) is 36.3 Å². The van der Waals surface area contributed by atoms with Gasteiger partial charge < -0.3 is 11.5 Å². The van der Waals surface area contributed by atoms with Gasteiger partial charge in [-0.3, -0.25) is 9.69 Å². The maximum absolute atomic E-state index is 11.8. The van der Waals surface area contributed by atoms with Crippen LogP contribution in [-0.2, 0) is 11.3 Å². The number of primary amides is 1. The Hall–Kier alpha value is -1.04. The van der Waals surface area contributed by atoms with Gasteiger partial charge in [-0.1, -0.05) is 6.07 Å². The first-order chi connectivity index (χ1) is 9.04. The molecule has 1 aromatic rings. The number of likely N-dealkylation sites (tertiary alicyclic amines) is 1.